The van der Waals surface area contributed by atoms with Gasteiger partial charge < -0.3 is 47.7 Å². The van der Waals surface area contributed by atoms with E-state index in [1.807, 2.05) is 0 Å². The highest BCUT2D eigenvalue weighted by atomic mass is 16.5. The molecule has 0 aromatic carbocycles. The summed E-state index contributed by atoms with van der Waals surface area (Å²) >= 11 is 0. The summed E-state index contributed by atoms with van der Waals surface area (Å²) in [6.45, 7) is 55.6. The third kappa shape index (κ3) is 41.3. The highest BCUT2D eigenvalue weighted by Crippen LogP contribution is 2.42. The van der Waals surface area contributed by atoms with Crippen LogP contribution in [0.5, 0.6) is 0 Å². The Morgan fingerprint density at radius 1 is 0.291 bits per heavy atom. The minimum Gasteiger partial charge on any atom is -0.396 e. The van der Waals surface area contributed by atoms with E-state index in [0.29, 0.717) is 43.9 Å². The van der Waals surface area contributed by atoms with Crippen LogP contribution in [0.4, 0.5) is 0 Å². The molecule has 0 aliphatic rings. The van der Waals surface area contributed by atoms with Crippen molar-refractivity contribution in [3.05, 3.63) is 0 Å². The molecule has 79 heavy (non-hydrogen) atoms. The third-order valence-corrected chi connectivity index (χ3v) is 17.9. The lowest BCUT2D eigenvalue weighted by molar-refractivity contribution is -0.106. The van der Waals surface area contributed by atoms with Crippen LogP contribution in [0.15, 0.2) is 0 Å². The van der Waals surface area contributed by atoms with Gasteiger partial charge in [-0.3, -0.25) is 0 Å². The van der Waals surface area contributed by atoms with Gasteiger partial charge in [0.2, 0.25) is 0 Å². The monoisotopic (exact) mass is 1140 g/mol. The number of methoxy groups -OCH3 is 1. The standard InChI is InChI=1S/C21H44O3.C17H36O4.C16H34O2.C15H32O/c1-6-14-22-17-21(18-23-15-7-2,19-24-16-8-3)13-11-10-12-20(5)9-4;1-5-9-18-13-17(14-19-10-6-2,15-20-11-7-3)16-21-12-8-4;1-7-15(8-2,9-3)13-18-14-16(10-4,11-5)12-17-6;1-6-14(7-2,8-3)11-12-15(9-4,10-5)13-16/h20H,6-19H2,1-5H3;5-16H2,1-4H3;7-14H2,1-6H3;16H,6-13H2,1-5H3. The lowest BCUT2D eigenvalue weighted by Gasteiger charge is -2.37. The minimum absolute atomic E-state index is 0.0228. The Labute approximate surface area is 495 Å². The van der Waals surface area contributed by atoms with Gasteiger partial charge in [-0.15, -0.1) is 0 Å². The zero-order valence-corrected chi connectivity index (χ0v) is 57.4. The number of aliphatic hydroxyl groups is 1. The fourth-order valence-electron chi connectivity index (χ4n) is 10.1. The van der Waals surface area contributed by atoms with Gasteiger partial charge in [0.05, 0.1) is 71.5 Å². The number of ether oxygens (including phenoxy) is 9. The Bertz CT molecular complexity index is 1070. The fourth-order valence-corrected chi connectivity index (χ4v) is 10.1. The van der Waals surface area contributed by atoms with Crippen LogP contribution in [0, 0.1) is 38.4 Å². The first kappa shape index (κ1) is 85.0. The van der Waals surface area contributed by atoms with E-state index in [1.54, 1.807) is 7.11 Å². The van der Waals surface area contributed by atoms with Crippen LogP contribution in [0.3, 0.4) is 0 Å². The molecule has 0 spiro atoms. The molecule has 1 N–H and O–H groups in total. The first-order valence-corrected chi connectivity index (χ1v) is 33.7. The zero-order valence-electron chi connectivity index (χ0n) is 57.4. The van der Waals surface area contributed by atoms with Crippen molar-refractivity contribution in [3.8, 4) is 0 Å². The molecule has 0 aromatic heterocycles. The van der Waals surface area contributed by atoms with E-state index >= 15 is 0 Å². The Hall–Kier alpha value is -0.400. The second kappa shape index (κ2) is 56.7. The number of rotatable bonds is 54. The van der Waals surface area contributed by atoms with Gasteiger partial charge in [-0.05, 0) is 131 Å². The summed E-state index contributed by atoms with van der Waals surface area (Å²) in [7, 11) is 1.79. The van der Waals surface area contributed by atoms with E-state index in [2.05, 4.69) is 132 Å². The van der Waals surface area contributed by atoms with Gasteiger partial charge in [-0.2, -0.15) is 0 Å². The summed E-state index contributed by atoms with van der Waals surface area (Å²) in [5.74, 6) is 0.837. The molecular weight excluding hydrogens is 989 g/mol. The van der Waals surface area contributed by atoms with E-state index in [4.69, 9.17) is 42.6 Å². The van der Waals surface area contributed by atoms with Gasteiger partial charge in [0.1, 0.15) is 0 Å². The smallest absolute Gasteiger partial charge is 0.0637 e. The van der Waals surface area contributed by atoms with E-state index in [0.717, 1.165) is 169 Å². The third-order valence-electron chi connectivity index (χ3n) is 17.9. The first-order chi connectivity index (χ1) is 38.0. The molecule has 0 saturated heterocycles. The summed E-state index contributed by atoms with van der Waals surface area (Å²) in [5.41, 5.74) is 1.12. The molecule has 1 unspecified atom stereocenters. The number of unbranched alkanes of at least 4 members (excludes halogenated alkanes) is 1. The summed E-state index contributed by atoms with van der Waals surface area (Å²) in [6.07, 6.45) is 27.9. The average Bonchev–Trinajstić information content (AvgIpc) is 3.47. The summed E-state index contributed by atoms with van der Waals surface area (Å²) < 4.78 is 52.5. The maximum Gasteiger partial charge on any atom is 0.0637 e. The number of hydrogen-bond donors (Lipinski definition) is 1. The van der Waals surface area contributed by atoms with E-state index < -0.39 is 0 Å². The van der Waals surface area contributed by atoms with E-state index in [-0.39, 0.29) is 21.7 Å². The van der Waals surface area contributed by atoms with Crippen LogP contribution < -0.4 is 0 Å². The van der Waals surface area contributed by atoms with Crippen molar-refractivity contribution in [3.63, 3.8) is 0 Å². The van der Waals surface area contributed by atoms with Crippen LogP contribution >= 0.6 is 0 Å². The van der Waals surface area contributed by atoms with Gasteiger partial charge >= 0.3 is 0 Å². The van der Waals surface area contributed by atoms with Crippen LogP contribution in [-0.4, -0.2) is 131 Å². The van der Waals surface area contributed by atoms with Crippen LogP contribution in [0.25, 0.3) is 0 Å². The second-order valence-electron chi connectivity index (χ2n) is 24.2. The minimum atomic E-state index is -0.186. The van der Waals surface area contributed by atoms with Gasteiger partial charge in [-0.25, -0.2) is 0 Å². The first-order valence-electron chi connectivity index (χ1n) is 33.7. The van der Waals surface area contributed by atoms with E-state index in [1.165, 1.54) is 77.0 Å². The van der Waals surface area contributed by atoms with Gasteiger partial charge in [0.25, 0.3) is 0 Å². The van der Waals surface area contributed by atoms with Crippen LogP contribution in [0.2, 0.25) is 0 Å². The van der Waals surface area contributed by atoms with Crippen LogP contribution in [0.1, 0.15) is 286 Å². The van der Waals surface area contributed by atoms with Crippen molar-refractivity contribution in [1.82, 2.24) is 0 Å². The predicted molar refractivity (Wildman–Crippen MR) is 342 cm³/mol. The largest absolute Gasteiger partial charge is 0.396 e. The van der Waals surface area contributed by atoms with Crippen molar-refractivity contribution < 1.29 is 47.7 Å². The maximum absolute atomic E-state index is 9.59. The SMILES string of the molecule is CCC(CC)(CC)CCC(CC)(CC)CO.CCC(CC)(CC)COCC(CC)(CC)COC.CCCOCC(CCCCC(C)CC)(COCCC)COCCC.CCCOCC(COCCC)(COCCC)COCCC. The Morgan fingerprint density at radius 3 is 0.835 bits per heavy atom. The van der Waals surface area contributed by atoms with Crippen LogP contribution in [-0.2, 0) is 42.6 Å². The Morgan fingerprint density at radius 2 is 0.570 bits per heavy atom. The molecule has 0 aliphatic carbocycles. The van der Waals surface area contributed by atoms with Gasteiger partial charge in [-0.1, -0.05) is 176 Å². The molecule has 482 valence electrons. The molecule has 0 aliphatic heterocycles. The highest BCUT2D eigenvalue weighted by molar-refractivity contribution is 4.84. The molecule has 0 heterocycles. The maximum atomic E-state index is 9.59. The van der Waals surface area contributed by atoms with Crippen molar-refractivity contribution >= 4 is 0 Å². The quantitative estimate of drug-likeness (QED) is 0.0592. The lowest BCUT2D eigenvalue weighted by Crippen LogP contribution is -2.42. The summed E-state index contributed by atoms with van der Waals surface area (Å²) in [5, 5.41) is 9.59. The molecule has 0 aromatic rings. The Balaban J connectivity index is -0.000000480. The lowest BCUT2D eigenvalue weighted by atomic mass is 9.69. The Kier molecular flexibility index (Phi) is 61.1. The number of aliphatic hydroxyl groups excluding tert-OH is 1. The van der Waals surface area contributed by atoms with Crippen molar-refractivity contribution in [1.29, 1.82) is 0 Å². The summed E-state index contributed by atoms with van der Waals surface area (Å²) in [4.78, 5) is 0. The zero-order chi connectivity index (χ0) is 60.6. The fraction of sp³-hybridized carbons (Fsp3) is 1.00. The molecule has 10 heteroatoms. The molecule has 0 amide bonds. The molecule has 1 atom stereocenters. The second-order valence-corrected chi connectivity index (χ2v) is 24.2. The molecule has 10 nitrogen and oxygen atoms in total. The molecule has 0 fully saturated rings. The molecule has 0 saturated carbocycles. The molecule has 0 rings (SSSR count). The topological polar surface area (TPSA) is 103 Å². The van der Waals surface area contributed by atoms with E-state index in [9.17, 15) is 5.11 Å². The molecular formula is C69H146O10. The van der Waals surface area contributed by atoms with Crippen molar-refractivity contribution in [2.45, 2.75) is 286 Å². The highest BCUT2D eigenvalue weighted by Gasteiger charge is 2.35. The van der Waals surface area contributed by atoms with Gasteiger partial charge in [0, 0.05) is 70.8 Å². The molecule has 0 bridgehead atoms. The number of hydrogen-bond acceptors (Lipinski definition) is 10. The average molecular weight is 1140 g/mol. The van der Waals surface area contributed by atoms with Gasteiger partial charge in [0.15, 0.2) is 0 Å². The normalized spacial score (nSPS) is 12.9. The van der Waals surface area contributed by atoms with Crippen molar-refractivity contribution in [2.75, 3.05) is 126 Å². The van der Waals surface area contributed by atoms with Crippen molar-refractivity contribution in [2.24, 2.45) is 38.4 Å². The predicted octanol–water partition coefficient (Wildman–Crippen LogP) is 19.0. The summed E-state index contributed by atoms with van der Waals surface area (Å²) in [6, 6.07) is 0. The molecule has 0 radical (unpaired) electrons.